The van der Waals surface area contributed by atoms with E-state index in [0.717, 1.165) is 10.8 Å². The fourth-order valence-electron chi connectivity index (χ4n) is 2.17. The number of nitrogens with one attached hydrogen (secondary N) is 1. The van der Waals surface area contributed by atoms with Crippen LogP contribution in [0.25, 0.3) is 10.1 Å². The summed E-state index contributed by atoms with van der Waals surface area (Å²) in [6, 6.07) is 12.5. The summed E-state index contributed by atoms with van der Waals surface area (Å²) in [7, 11) is 0. The molecular weight excluding hydrogens is 296 g/mol. The first-order valence-electron chi connectivity index (χ1n) is 5.94. The molecule has 0 fully saturated rings. The molecule has 1 atom stereocenters. The van der Waals surface area contributed by atoms with Crippen molar-refractivity contribution >= 4 is 44.4 Å². The van der Waals surface area contributed by atoms with Crippen molar-refractivity contribution in [3.8, 4) is 0 Å². The molecule has 0 saturated heterocycles. The molecule has 0 bridgehead atoms. The summed E-state index contributed by atoms with van der Waals surface area (Å²) in [5.74, 6) is 5.69. The van der Waals surface area contributed by atoms with E-state index >= 15 is 0 Å². The Morgan fingerprint density at radius 3 is 2.79 bits per heavy atom. The van der Waals surface area contributed by atoms with Crippen molar-refractivity contribution < 1.29 is 0 Å². The van der Waals surface area contributed by atoms with E-state index in [0.29, 0.717) is 0 Å². The van der Waals surface area contributed by atoms with Gasteiger partial charge in [0.2, 0.25) is 0 Å². The molecule has 0 saturated carbocycles. The summed E-state index contributed by atoms with van der Waals surface area (Å²) in [5, 5.41) is 3.53. The second-order valence-corrected chi connectivity index (χ2v) is 6.98. The van der Waals surface area contributed by atoms with E-state index in [4.69, 9.17) is 17.4 Å². The molecule has 0 aliphatic carbocycles. The van der Waals surface area contributed by atoms with Crippen LogP contribution in [0.4, 0.5) is 0 Å². The molecule has 3 rings (SSSR count). The minimum absolute atomic E-state index is 0.107. The van der Waals surface area contributed by atoms with Gasteiger partial charge >= 0.3 is 0 Å². The Morgan fingerprint density at radius 1 is 1.21 bits per heavy atom. The lowest BCUT2D eigenvalue weighted by atomic mass is 10.0. The van der Waals surface area contributed by atoms with Gasteiger partial charge in [0.15, 0.2) is 0 Å². The lowest BCUT2D eigenvalue weighted by molar-refractivity contribution is 0.563. The van der Waals surface area contributed by atoms with Gasteiger partial charge < -0.3 is 0 Å². The zero-order valence-electron chi connectivity index (χ0n) is 10.1. The first kappa shape index (κ1) is 13.1. The van der Waals surface area contributed by atoms with Crippen molar-refractivity contribution in [1.29, 1.82) is 0 Å². The van der Waals surface area contributed by atoms with Crippen LogP contribution >= 0.6 is 34.3 Å². The number of fused-ring (bicyclic) bond motifs is 1. The second kappa shape index (κ2) is 5.61. The lowest BCUT2D eigenvalue weighted by Crippen LogP contribution is -2.28. The van der Waals surface area contributed by atoms with Crippen LogP contribution in [0.5, 0.6) is 0 Å². The minimum Gasteiger partial charge on any atom is -0.271 e. The molecule has 1 aromatic carbocycles. The molecule has 0 radical (unpaired) electrons. The standard InChI is InChI=1S/C14H13ClN2S2/c15-14-6-5-13(19-14)11(17-16)7-9-8-18-12-4-2-1-3-10(9)12/h1-6,8,11,17H,7,16H2. The lowest BCUT2D eigenvalue weighted by Gasteiger charge is -2.13. The Hall–Kier alpha value is -0.910. The summed E-state index contributed by atoms with van der Waals surface area (Å²) >= 11 is 9.34. The average molecular weight is 309 g/mol. The van der Waals surface area contributed by atoms with Gasteiger partial charge in [-0.25, -0.2) is 0 Å². The maximum absolute atomic E-state index is 5.99. The van der Waals surface area contributed by atoms with Crippen LogP contribution in [0.2, 0.25) is 4.34 Å². The van der Waals surface area contributed by atoms with Crippen LogP contribution < -0.4 is 11.3 Å². The normalized spacial score (nSPS) is 12.9. The highest BCUT2D eigenvalue weighted by Gasteiger charge is 2.15. The van der Waals surface area contributed by atoms with Crippen LogP contribution in [0, 0.1) is 0 Å². The summed E-state index contributed by atoms with van der Waals surface area (Å²) in [6.45, 7) is 0. The maximum atomic E-state index is 5.99. The van der Waals surface area contributed by atoms with Gasteiger partial charge in [-0.15, -0.1) is 22.7 Å². The molecule has 2 nitrogen and oxygen atoms in total. The van der Waals surface area contributed by atoms with E-state index in [1.165, 1.54) is 20.5 Å². The highest BCUT2D eigenvalue weighted by Crippen LogP contribution is 2.32. The van der Waals surface area contributed by atoms with Crippen LogP contribution in [0.15, 0.2) is 41.8 Å². The van der Waals surface area contributed by atoms with E-state index in [-0.39, 0.29) is 6.04 Å². The van der Waals surface area contributed by atoms with Gasteiger partial charge in [0.05, 0.1) is 10.4 Å². The predicted octanol–water partition coefficient (Wildman–Crippen LogP) is 4.36. The Labute approximate surface area is 124 Å². The van der Waals surface area contributed by atoms with E-state index in [1.54, 1.807) is 22.7 Å². The SMILES string of the molecule is NNC(Cc1csc2ccccc12)c1ccc(Cl)s1. The van der Waals surface area contributed by atoms with Crippen LogP contribution in [-0.4, -0.2) is 0 Å². The Bertz CT molecular complexity index is 689. The third kappa shape index (κ3) is 2.68. The zero-order chi connectivity index (χ0) is 13.2. The number of benzene rings is 1. The number of thiophene rings is 2. The van der Waals surface area contributed by atoms with E-state index in [9.17, 15) is 0 Å². The van der Waals surface area contributed by atoms with Gasteiger partial charge in [0.25, 0.3) is 0 Å². The molecule has 3 aromatic rings. The number of hydrazine groups is 1. The van der Waals surface area contributed by atoms with Crippen molar-refractivity contribution in [3.63, 3.8) is 0 Å². The molecule has 19 heavy (non-hydrogen) atoms. The van der Waals surface area contributed by atoms with Gasteiger partial charge in [0, 0.05) is 9.58 Å². The maximum Gasteiger partial charge on any atom is 0.0931 e. The molecule has 0 aliphatic rings. The third-order valence-corrected chi connectivity index (χ3v) is 5.48. The number of rotatable bonds is 4. The molecule has 0 aliphatic heterocycles. The van der Waals surface area contributed by atoms with Crippen molar-refractivity contribution in [2.24, 2.45) is 5.84 Å². The summed E-state index contributed by atoms with van der Waals surface area (Å²) in [4.78, 5) is 1.17. The van der Waals surface area contributed by atoms with Crippen molar-refractivity contribution in [2.45, 2.75) is 12.5 Å². The molecule has 3 N–H and O–H groups in total. The van der Waals surface area contributed by atoms with Gasteiger partial charge in [0.1, 0.15) is 0 Å². The van der Waals surface area contributed by atoms with Crippen LogP contribution in [-0.2, 0) is 6.42 Å². The zero-order valence-corrected chi connectivity index (χ0v) is 12.5. The van der Waals surface area contributed by atoms with E-state index in [1.807, 2.05) is 12.1 Å². The van der Waals surface area contributed by atoms with Crippen LogP contribution in [0.1, 0.15) is 16.5 Å². The summed E-state index contributed by atoms with van der Waals surface area (Å²) in [5.41, 5.74) is 4.22. The predicted molar refractivity (Wildman–Crippen MR) is 84.9 cm³/mol. The Balaban J connectivity index is 1.90. The first-order chi connectivity index (χ1) is 9.28. The Kier molecular flexibility index (Phi) is 3.86. The summed E-state index contributed by atoms with van der Waals surface area (Å²) in [6.07, 6.45) is 0.872. The molecule has 1 unspecified atom stereocenters. The third-order valence-electron chi connectivity index (χ3n) is 3.12. The molecular formula is C14H13ClN2S2. The van der Waals surface area contributed by atoms with Gasteiger partial charge in [-0.05, 0) is 40.9 Å². The average Bonchev–Trinajstić information content (AvgIpc) is 3.03. The molecule has 5 heteroatoms. The van der Waals surface area contributed by atoms with Gasteiger partial charge in [-0.2, -0.15) is 0 Å². The Morgan fingerprint density at radius 2 is 2.05 bits per heavy atom. The highest BCUT2D eigenvalue weighted by atomic mass is 35.5. The first-order valence-corrected chi connectivity index (χ1v) is 8.02. The second-order valence-electron chi connectivity index (χ2n) is 4.32. The molecule has 2 heterocycles. The highest BCUT2D eigenvalue weighted by molar-refractivity contribution is 7.17. The fraction of sp³-hybridized carbons (Fsp3) is 0.143. The topological polar surface area (TPSA) is 38.0 Å². The number of nitrogens with two attached hydrogens (primary N) is 1. The largest absolute Gasteiger partial charge is 0.271 e. The quantitative estimate of drug-likeness (QED) is 0.555. The molecule has 2 aromatic heterocycles. The number of hydrogen-bond acceptors (Lipinski definition) is 4. The monoisotopic (exact) mass is 308 g/mol. The van der Waals surface area contributed by atoms with Crippen molar-refractivity contribution in [2.75, 3.05) is 0 Å². The van der Waals surface area contributed by atoms with Crippen molar-refractivity contribution in [1.82, 2.24) is 5.43 Å². The smallest absolute Gasteiger partial charge is 0.0931 e. The van der Waals surface area contributed by atoms with Crippen molar-refractivity contribution in [3.05, 3.63) is 56.6 Å². The van der Waals surface area contributed by atoms with Crippen LogP contribution in [0.3, 0.4) is 0 Å². The minimum atomic E-state index is 0.107. The molecule has 0 spiro atoms. The number of hydrogen-bond donors (Lipinski definition) is 2. The number of halogens is 1. The van der Waals surface area contributed by atoms with Gasteiger partial charge in [-0.1, -0.05) is 29.8 Å². The van der Waals surface area contributed by atoms with E-state index < -0.39 is 0 Å². The fourth-order valence-corrected chi connectivity index (χ4v) is 4.26. The van der Waals surface area contributed by atoms with E-state index in [2.05, 4.69) is 35.1 Å². The molecule has 98 valence electrons. The summed E-state index contributed by atoms with van der Waals surface area (Å²) < 4.78 is 2.11. The molecule has 0 amide bonds. The van der Waals surface area contributed by atoms with Gasteiger partial charge in [-0.3, -0.25) is 11.3 Å².